The van der Waals surface area contributed by atoms with E-state index >= 15 is 0 Å². The van der Waals surface area contributed by atoms with Crippen LogP contribution >= 0.6 is 27.5 Å². The standard InChI is InChI=1S/C12H10BrClF3N3/c1-2-10(14)11-6-20(19-18-11)9-4-7(12(15,16)17)3-8(13)5-9/h3-6,10H,2H2,1H3. The molecule has 0 aliphatic rings. The summed E-state index contributed by atoms with van der Waals surface area (Å²) in [5, 5.41) is 7.38. The van der Waals surface area contributed by atoms with Gasteiger partial charge in [-0.15, -0.1) is 16.7 Å². The van der Waals surface area contributed by atoms with Crippen LogP contribution in [0.15, 0.2) is 28.9 Å². The van der Waals surface area contributed by atoms with E-state index in [0.717, 1.165) is 12.1 Å². The van der Waals surface area contributed by atoms with Crippen LogP contribution in [-0.2, 0) is 6.18 Å². The minimum absolute atomic E-state index is 0.269. The quantitative estimate of drug-likeness (QED) is 0.733. The second-order valence-electron chi connectivity index (χ2n) is 4.16. The molecule has 108 valence electrons. The zero-order valence-corrected chi connectivity index (χ0v) is 12.7. The first-order chi connectivity index (χ1) is 9.31. The summed E-state index contributed by atoms with van der Waals surface area (Å²) in [6, 6.07) is 3.55. The van der Waals surface area contributed by atoms with Crippen LogP contribution < -0.4 is 0 Å². The van der Waals surface area contributed by atoms with Crippen LogP contribution in [0.5, 0.6) is 0 Å². The van der Waals surface area contributed by atoms with E-state index in [0.29, 0.717) is 16.6 Å². The smallest absolute Gasteiger partial charge is 0.220 e. The molecule has 1 heterocycles. The largest absolute Gasteiger partial charge is 0.416 e. The highest BCUT2D eigenvalue weighted by Gasteiger charge is 2.31. The van der Waals surface area contributed by atoms with E-state index in [-0.39, 0.29) is 11.1 Å². The van der Waals surface area contributed by atoms with Crippen molar-refractivity contribution in [2.75, 3.05) is 0 Å². The van der Waals surface area contributed by atoms with Crippen LogP contribution in [-0.4, -0.2) is 15.0 Å². The Morgan fingerprint density at radius 1 is 1.35 bits per heavy atom. The number of aromatic nitrogens is 3. The van der Waals surface area contributed by atoms with Gasteiger partial charge in [0.2, 0.25) is 0 Å². The molecular formula is C12H10BrClF3N3. The number of rotatable bonds is 3. The van der Waals surface area contributed by atoms with E-state index in [1.54, 1.807) is 0 Å². The van der Waals surface area contributed by atoms with Gasteiger partial charge < -0.3 is 0 Å². The van der Waals surface area contributed by atoms with Crippen molar-refractivity contribution in [1.29, 1.82) is 0 Å². The van der Waals surface area contributed by atoms with Gasteiger partial charge in [-0.1, -0.05) is 28.1 Å². The van der Waals surface area contributed by atoms with Gasteiger partial charge in [0.15, 0.2) is 0 Å². The molecule has 2 aromatic rings. The first-order valence-electron chi connectivity index (χ1n) is 5.75. The molecule has 8 heteroatoms. The van der Waals surface area contributed by atoms with Crippen LogP contribution in [0.25, 0.3) is 5.69 Å². The molecule has 0 aliphatic heterocycles. The van der Waals surface area contributed by atoms with Gasteiger partial charge in [0.05, 0.1) is 22.8 Å². The van der Waals surface area contributed by atoms with Crippen LogP contribution in [0.1, 0.15) is 30.0 Å². The molecule has 0 saturated carbocycles. The summed E-state index contributed by atoms with van der Waals surface area (Å²) in [7, 11) is 0. The Morgan fingerprint density at radius 3 is 2.65 bits per heavy atom. The van der Waals surface area contributed by atoms with E-state index in [1.165, 1.54) is 16.9 Å². The Kier molecular flexibility index (Phi) is 4.39. The number of hydrogen-bond donors (Lipinski definition) is 0. The molecular weight excluding hydrogens is 359 g/mol. The molecule has 1 aromatic carbocycles. The lowest BCUT2D eigenvalue weighted by Gasteiger charge is -2.09. The third kappa shape index (κ3) is 3.32. The molecule has 0 amide bonds. The van der Waals surface area contributed by atoms with E-state index in [4.69, 9.17) is 11.6 Å². The highest BCUT2D eigenvalue weighted by molar-refractivity contribution is 9.10. The molecule has 0 bridgehead atoms. The van der Waals surface area contributed by atoms with Crippen LogP contribution in [0.4, 0.5) is 13.2 Å². The predicted octanol–water partition coefficient (Wildman–Crippen LogP) is 4.74. The van der Waals surface area contributed by atoms with Gasteiger partial charge in [0, 0.05) is 4.47 Å². The Morgan fingerprint density at radius 2 is 2.05 bits per heavy atom. The van der Waals surface area contributed by atoms with E-state index in [2.05, 4.69) is 26.2 Å². The summed E-state index contributed by atoms with van der Waals surface area (Å²) >= 11 is 9.09. The summed E-state index contributed by atoms with van der Waals surface area (Å²) < 4.78 is 39.9. The van der Waals surface area contributed by atoms with Crippen molar-refractivity contribution >= 4 is 27.5 Å². The summed E-state index contributed by atoms with van der Waals surface area (Å²) in [5.41, 5.74) is 0.0463. The highest BCUT2D eigenvalue weighted by atomic mass is 79.9. The van der Waals surface area contributed by atoms with Gasteiger partial charge in [-0.2, -0.15) is 13.2 Å². The van der Waals surface area contributed by atoms with Crippen LogP contribution in [0, 0.1) is 0 Å². The monoisotopic (exact) mass is 367 g/mol. The fourth-order valence-electron chi connectivity index (χ4n) is 1.63. The van der Waals surface area contributed by atoms with Gasteiger partial charge in [-0.25, -0.2) is 4.68 Å². The third-order valence-electron chi connectivity index (χ3n) is 2.66. The first-order valence-corrected chi connectivity index (χ1v) is 6.98. The van der Waals surface area contributed by atoms with Gasteiger partial charge in [-0.3, -0.25) is 0 Å². The number of nitrogens with zero attached hydrogens (tertiary/aromatic N) is 3. The van der Waals surface area contributed by atoms with Crippen LogP contribution in [0.3, 0.4) is 0 Å². The molecule has 2 rings (SSSR count). The summed E-state index contributed by atoms with van der Waals surface area (Å²) in [6.07, 6.45) is -2.23. The fraction of sp³-hybridized carbons (Fsp3) is 0.333. The maximum atomic E-state index is 12.8. The van der Waals surface area contributed by atoms with E-state index < -0.39 is 11.7 Å². The Bertz CT molecular complexity index is 612. The number of alkyl halides is 4. The Labute approximate surface area is 126 Å². The molecule has 0 spiro atoms. The summed E-state index contributed by atoms with van der Waals surface area (Å²) in [4.78, 5) is 0. The average molecular weight is 369 g/mol. The normalized spacial score (nSPS) is 13.5. The predicted molar refractivity (Wildman–Crippen MR) is 72.9 cm³/mol. The number of halogens is 5. The summed E-state index contributed by atoms with van der Waals surface area (Å²) in [6.45, 7) is 1.89. The fourth-order valence-corrected chi connectivity index (χ4v) is 2.21. The first kappa shape index (κ1) is 15.3. The molecule has 0 radical (unpaired) electrons. The Balaban J connectivity index is 2.42. The minimum Gasteiger partial charge on any atom is -0.220 e. The third-order valence-corrected chi connectivity index (χ3v) is 3.65. The summed E-state index contributed by atoms with van der Waals surface area (Å²) in [5.74, 6) is 0. The molecule has 0 saturated heterocycles. The van der Waals surface area contributed by atoms with E-state index in [9.17, 15) is 13.2 Å². The van der Waals surface area contributed by atoms with E-state index in [1.807, 2.05) is 6.92 Å². The lowest BCUT2D eigenvalue weighted by Crippen LogP contribution is -2.06. The van der Waals surface area contributed by atoms with Gasteiger partial charge in [-0.05, 0) is 24.6 Å². The maximum Gasteiger partial charge on any atom is 0.416 e. The van der Waals surface area contributed by atoms with Gasteiger partial charge in [0.25, 0.3) is 0 Å². The highest BCUT2D eigenvalue weighted by Crippen LogP contribution is 2.33. The maximum absolute atomic E-state index is 12.8. The van der Waals surface area contributed by atoms with Crippen molar-refractivity contribution in [2.24, 2.45) is 0 Å². The molecule has 1 unspecified atom stereocenters. The van der Waals surface area contributed by atoms with Crippen molar-refractivity contribution in [3.05, 3.63) is 40.1 Å². The zero-order valence-electron chi connectivity index (χ0n) is 10.3. The van der Waals surface area contributed by atoms with Crippen molar-refractivity contribution in [3.63, 3.8) is 0 Å². The minimum atomic E-state index is -4.42. The Hall–Kier alpha value is -1.08. The zero-order chi connectivity index (χ0) is 14.9. The molecule has 0 aliphatic carbocycles. The lowest BCUT2D eigenvalue weighted by atomic mass is 10.2. The molecule has 1 atom stereocenters. The van der Waals surface area contributed by atoms with Gasteiger partial charge in [0.1, 0.15) is 5.69 Å². The molecule has 3 nitrogen and oxygen atoms in total. The molecule has 0 fully saturated rings. The lowest BCUT2D eigenvalue weighted by molar-refractivity contribution is -0.137. The second-order valence-corrected chi connectivity index (χ2v) is 5.60. The average Bonchev–Trinajstić information content (AvgIpc) is 2.85. The SMILES string of the molecule is CCC(Cl)c1cn(-c2cc(Br)cc(C(F)(F)F)c2)nn1. The topological polar surface area (TPSA) is 30.7 Å². The second kappa shape index (κ2) is 5.73. The molecule has 0 N–H and O–H groups in total. The van der Waals surface area contributed by atoms with Gasteiger partial charge >= 0.3 is 6.18 Å². The van der Waals surface area contributed by atoms with Crippen molar-refractivity contribution in [2.45, 2.75) is 24.9 Å². The molecule has 20 heavy (non-hydrogen) atoms. The number of hydrogen-bond acceptors (Lipinski definition) is 2. The number of benzene rings is 1. The van der Waals surface area contributed by atoms with Crippen molar-refractivity contribution in [1.82, 2.24) is 15.0 Å². The van der Waals surface area contributed by atoms with Crippen molar-refractivity contribution in [3.8, 4) is 5.69 Å². The van der Waals surface area contributed by atoms with Crippen LogP contribution in [0.2, 0.25) is 0 Å². The molecule has 1 aromatic heterocycles. The van der Waals surface area contributed by atoms with Crippen molar-refractivity contribution < 1.29 is 13.2 Å².